The highest BCUT2D eigenvalue weighted by Crippen LogP contribution is 2.25. The lowest BCUT2D eigenvalue weighted by atomic mass is 10.1. The summed E-state index contributed by atoms with van der Waals surface area (Å²) in [5.74, 6) is -0.715. The number of amides is 1. The SMILES string of the molecule is CCNc1cc(C(=O)NCCC(F)(F)F)ccc1[N+](=O)[O-]. The van der Waals surface area contributed by atoms with E-state index in [1.54, 1.807) is 6.92 Å². The number of carbonyl (C=O) groups excluding carboxylic acids is 1. The third-order valence-electron chi connectivity index (χ3n) is 2.52. The highest BCUT2D eigenvalue weighted by atomic mass is 19.4. The van der Waals surface area contributed by atoms with Crippen LogP contribution < -0.4 is 10.6 Å². The van der Waals surface area contributed by atoms with E-state index in [0.717, 1.165) is 6.07 Å². The molecule has 0 radical (unpaired) electrons. The van der Waals surface area contributed by atoms with E-state index in [1.165, 1.54) is 12.1 Å². The first-order chi connectivity index (χ1) is 9.74. The molecule has 1 aromatic rings. The Morgan fingerprint density at radius 2 is 2.05 bits per heavy atom. The van der Waals surface area contributed by atoms with Gasteiger partial charge in [-0.3, -0.25) is 14.9 Å². The van der Waals surface area contributed by atoms with E-state index in [1.807, 2.05) is 0 Å². The maximum atomic E-state index is 12.0. The summed E-state index contributed by atoms with van der Waals surface area (Å²) in [4.78, 5) is 21.9. The van der Waals surface area contributed by atoms with Gasteiger partial charge in [0.25, 0.3) is 11.6 Å². The summed E-state index contributed by atoms with van der Waals surface area (Å²) in [5.41, 5.74) is -0.00612. The first-order valence-electron chi connectivity index (χ1n) is 6.12. The van der Waals surface area contributed by atoms with E-state index in [4.69, 9.17) is 0 Å². The molecule has 0 saturated heterocycles. The molecule has 6 nitrogen and oxygen atoms in total. The molecular formula is C12H14F3N3O3. The molecule has 0 fully saturated rings. The predicted octanol–water partition coefficient (Wildman–Crippen LogP) is 2.71. The largest absolute Gasteiger partial charge is 0.390 e. The van der Waals surface area contributed by atoms with E-state index in [0.29, 0.717) is 6.54 Å². The van der Waals surface area contributed by atoms with Crippen LogP contribution >= 0.6 is 0 Å². The summed E-state index contributed by atoms with van der Waals surface area (Å²) < 4.78 is 35.9. The van der Waals surface area contributed by atoms with Crippen molar-refractivity contribution in [2.75, 3.05) is 18.4 Å². The summed E-state index contributed by atoms with van der Waals surface area (Å²) in [7, 11) is 0. The van der Waals surface area contributed by atoms with Crippen molar-refractivity contribution in [2.45, 2.75) is 19.5 Å². The number of alkyl halides is 3. The molecule has 0 atom stereocenters. The van der Waals surface area contributed by atoms with Crippen LogP contribution in [0.3, 0.4) is 0 Å². The summed E-state index contributed by atoms with van der Waals surface area (Å²) in [6.45, 7) is 1.58. The van der Waals surface area contributed by atoms with E-state index < -0.39 is 30.0 Å². The number of benzene rings is 1. The molecule has 0 saturated carbocycles. The number of carbonyl (C=O) groups is 1. The molecule has 0 aliphatic carbocycles. The van der Waals surface area contributed by atoms with Crippen molar-refractivity contribution in [3.8, 4) is 0 Å². The highest BCUT2D eigenvalue weighted by Gasteiger charge is 2.26. The minimum absolute atomic E-state index is 0.0544. The Morgan fingerprint density at radius 1 is 1.38 bits per heavy atom. The van der Waals surface area contributed by atoms with Gasteiger partial charge >= 0.3 is 6.18 Å². The fourth-order valence-corrected chi connectivity index (χ4v) is 1.59. The topological polar surface area (TPSA) is 84.3 Å². The minimum Gasteiger partial charge on any atom is -0.380 e. The van der Waals surface area contributed by atoms with Gasteiger partial charge in [0.05, 0.1) is 11.3 Å². The van der Waals surface area contributed by atoms with Gasteiger partial charge in [-0.25, -0.2) is 0 Å². The third-order valence-corrected chi connectivity index (χ3v) is 2.52. The lowest BCUT2D eigenvalue weighted by Crippen LogP contribution is -2.28. The van der Waals surface area contributed by atoms with Crippen molar-refractivity contribution in [2.24, 2.45) is 0 Å². The number of rotatable bonds is 6. The number of hydrogen-bond acceptors (Lipinski definition) is 4. The Balaban J connectivity index is 2.81. The summed E-state index contributed by atoms with van der Waals surface area (Å²) in [5, 5.41) is 15.6. The predicted molar refractivity (Wildman–Crippen MR) is 70.3 cm³/mol. The van der Waals surface area contributed by atoms with Gasteiger partial charge in [0.2, 0.25) is 0 Å². The lowest BCUT2D eigenvalue weighted by Gasteiger charge is -2.09. The van der Waals surface area contributed by atoms with E-state index in [9.17, 15) is 28.1 Å². The van der Waals surface area contributed by atoms with Gasteiger partial charge in [-0.2, -0.15) is 13.2 Å². The van der Waals surface area contributed by atoms with Crippen molar-refractivity contribution in [3.05, 3.63) is 33.9 Å². The summed E-state index contributed by atoms with van der Waals surface area (Å²) in [6, 6.07) is 3.57. The molecule has 2 N–H and O–H groups in total. The fraction of sp³-hybridized carbons (Fsp3) is 0.417. The Hall–Kier alpha value is -2.32. The van der Waals surface area contributed by atoms with Crippen molar-refractivity contribution in [1.82, 2.24) is 5.32 Å². The van der Waals surface area contributed by atoms with E-state index >= 15 is 0 Å². The quantitative estimate of drug-likeness (QED) is 0.625. The molecule has 0 unspecified atom stereocenters. The number of nitro groups is 1. The zero-order chi connectivity index (χ0) is 16.0. The first kappa shape index (κ1) is 16.7. The molecule has 0 aromatic heterocycles. The molecule has 0 heterocycles. The van der Waals surface area contributed by atoms with Crippen LogP contribution in [0.1, 0.15) is 23.7 Å². The first-order valence-corrected chi connectivity index (χ1v) is 6.12. The molecule has 21 heavy (non-hydrogen) atoms. The van der Waals surface area contributed by atoms with Crippen LogP contribution in [0.15, 0.2) is 18.2 Å². The summed E-state index contributed by atoms with van der Waals surface area (Å²) >= 11 is 0. The second kappa shape index (κ2) is 6.91. The zero-order valence-electron chi connectivity index (χ0n) is 11.2. The Kier molecular flexibility index (Phi) is 5.51. The normalized spacial score (nSPS) is 11.0. The summed E-state index contributed by atoms with van der Waals surface area (Å²) in [6.07, 6.45) is -5.48. The van der Waals surface area contributed by atoms with Crippen LogP contribution in [0.4, 0.5) is 24.5 Å². The Bertz CT molecular complexity index is 532. The van der Waals surface area contributed by atoms with Crippen LogP contribution in [0.2, 0.25) is 0 Å². The van der Waals surface area contributed by atoms with Gasteiger partial charge in [-0.1, -0.05) is 0 Å². The van der Waals surface area contributed by atoms with Gasteiger partial charge in [0.15, 0.2) is 0 Å². The number of anilines is 1. The van der Waals surface area contributed by atoms with Gasteiger partial charge < -0.3 is 10.6 Å². The van der Waals surface area contributed by atoms with Gasteiger partial charge in [0.1, 0.15) is 5.69 Å². The Morgan fingerprint density at radius 3 is 2.57 bits per heavy atom. The average molecular weight is 305 g/mol. The zero-order valence-corrected chi connectivity index (χ0v) is 11.2. The van der Waals surface area contributed by atoms with Gasteiger partial charge in [-0.15, -0.1) is 0 Å². The van der Waals surface area contributed by atoms with Crippen LogP contribution in [-0.4, -0.2) is 30.1 Å². The molecule has 9 heteroatoms. The molecule has 0 aliphatic rings. The maximum Gasteiger partial charge on any atom is 0.390 e. The van der Waals surface area contributed by atoms with Crippen LogP contribution in [-0.2, 0) is 0 Å². The molecule has 116 valence electrons. The van der Waals surface area contributed by atoms with Crippen LogP contribution in [0.5, 0.6) is 0 Å². The number of nitrogens with zero attached hydrogens (tertiary/aromatic N) is 1. The smallest absolute Gasteiger partial charge is 0.380 e. The fourth-order valence-electron chi connectivity index (χ4n) is 1.59. The second-order valence-electron chi connectivity index (χ2n) is 4.14. The average Bonchev–Trinajstić information content (AvgIpc) is 2.37. The van der Waals surface area contributed by atoms with Gasteiger partial charge in [0, 0.05) is 24.7 Å². The van der Waals surface area contributed by atoms with E-state index in [2.05, 4.69) is 10.6 Å². The molecule has 1 amide bonds. The third kappa shape index (κ3) is 5.28. The number of hydrogen-bond donors (Lipinski definition) is 2. The van der Waals surface area contributed by atoms with Crippen LogP contribution in [0.25, 0.3) is 0 Å². The van der Waals surface area contributed by atoms with Crippen molar-refractivity contribution < 1.29 is 22.9 Å². The maximum absolute atomic E-state index is 12.0. The number of nitro benzene ring substituents is 1. The molecule has 1 rings (SSSR count). The van der Waals surface area contributed by atoms with Crippen molar-refractivity contribution >= 4 is 17.3 Å². The van der Waals surface area contributed by atoms with Crippen molar-refractivity contribution in [3.63, 3.8) is 0 Å². The van der Waals surface area contributed by atoms with Crippen LogP contribution in [0, 0.1) is 10.1 Å². The minimum atomic E-state index is -4.35. The molecule has 0 aliphatic heterocycles. The second-order valence-corrected chi connectivity index (χ2v) is 4.14. The lowest BCUT2D eigenvalue weighted by molar-refractivity contribution is -0.384. The van der Waals surface area contributed by atoms with Crippen molar-refractivity contribution in [1.29, 1.82) is 0 Å². The van der Waals surface area contributed by atoms with E-state index in [-0.39, 0.29) is 16.9 Å². The van der Waals surface area contributed by atoms with Gasteiger partial charge in [-0.05, 0) is 19.1 Å². The Labute approximate surface area is 118 Å². The highest BCUT2D eigenvalue weighted by molar-refractivity contribution is 5.95. The molecule has 0 spiro atoms. The monoisotopic (exact) mass is 305 g/mol. The molecule has 1 aromatic carbocycles. The standard InChI is InChI=1S/C12H14F3N3O3/c1-2-16-9-7-8(3-4-10(9)18(20)21)11(19)17-6-5-12(13,14)15/h3-4,7,16H,2,5-6H2,1H3,(H,17,19). The molecule has 0 bridgehead atoms. The number of halogens is 3. The molecular weight excluding hydrogens is 291 g/mol. The number of nitrogens with one attached hydrogen (secondary N) is 2.